The van der Waals surface area contributed by atoms with Crippen molar-refractivity contribution in [3.05, 3.63) is 0 Å². The fourth-order valence-electron chi connectivity index (χ4n) is 2.96. The normalized spacial score (nSPS) is 17.8. The van der Waals surface area contributed by atoms with E-state index in [2.05, 4.69) is 25.8 Å². The quantitative estimate of drug-likeness (QED) is 0.253. The van der Waals surface area contributed by atoms with E-state index in [-0.39, 0.29) is 24.0 Å². The third-order valence-electron chi connectivity index (χ3n) is 4.71. The molecule has 3 N–H and O–H groups in total. The monoisotopic (exact) mass is 509 g/mol. The van der Waals surface area contributed by atoms with Crippen LogP contribution < -0.4 is 16.0 Å². The van der Waals surface area contributed by atoms with Gasteiger partial charge in [-0.2, -0.15) is 0 Å². The van der Waals surface area contributed by atoms with Gasteiger partial charge >= 0.3 is 6.09 Å². The molecule has 0 atom stereocenters. The topological polar surface area (TPSA) is 78.0 Å². The number of guanidine groups is 1. The third-order valence-corrected chi connectivity index (χ3v) is 4.71. The summed E-state index contributed by atoms with van der Waals surface area (Å²) in [7, 11) is 1.77. The molecule has 0 aromatic carbocycles. The van der Waals surface area contributed by atoms with Gasteiger partial charge in [-0.1, -0.05) is 0 Å². The molecule has 0 unspecified atom stereocenters. The number of rotatable bonds is 9. The highest BCUT2D eigenvalue weighted by atomic mass is 127. The molecule has 0 aliphatic heterocycles. The van der Waals surface area contributed by atoms with Gasteiger partial charge in [0.15, 0.2) is 5.96 Å². The number of aliphatic imine (C=N–C) groups is 1. The SMILES string of the molecule is CN=C(NCCN(CC1CC1)C1CC1)NCC(C)(C)NC(=O)OC(C)(C)C.I. The fourth-order valence-corrected chi connectivity index (χ4v) is 2.96. The van der Waals surface area contributed by atoms with Gasteiger partial charge in [0, 0.05) is 39.3 Å². The zero-order chi connectivity index (χ0) is 20.1. The van der Waals surface area contributed by atoms with E-state index in [9.17, 15) is 4.79 Å². The fraction of sp³-hybridized carbons (Fsp3) is 0.900. The summed E-state index contributed by atoms with van der Waals surface area (Å²) in [5.74, 6) is 1.69. The first-order valence-corrected chi connectivity index (χ1v) is 10.3. The zero-order valence-electron chi connectivity index (χ0n) is 18.4. The molecule has 2 aliphatic carbocycles. The van der Waals surface area contributed by atoms with Crippen LogP contribution in [0.1, 0.15) is 60.3 Å². The van der Waals surface area contributed by atoms with Crippen LogP contribution in [0.2, 0.25) is 0 Å². The molecule has 0 spiro atoms. The van der Waals surface area contributed by atoms with E-state index >= 15 is 0 Å². The lowest BCUT2D eigenvalue weighted by Crippen LogP contribution is -2.54. The molecule has 1 amide bonds. The van der Waals surface area contributed by atoms with Crippen LogP contribution in [0.25, 0.3) is 0 Å². The number of carbonyl (C=O) groups is 1. The lowest BCUT2D eigenvalue weighted by molar-refractivity contribution is 0.0474. The van der Waals surface area contributed by atoms with Crippen molar-refractivity contribution in [2.75, 3.05) is 33.2 Å². The highest BCUT2D eigenvalue weighted by Crippen LogP contribution is 2.34. The van der Waals surface area contributed by atoms with Gasteiger partial charge in [-0.25, -0.2) is 4.79 Å². The van der Waals surface area contributed by atoms with Crippen molar-refractivity contribution in [3.8, 4) is 0 Å². The molecule has 0 aromatic rings. The Balaban J connectivity index is 0.00000392. The Morgan fingerprint density at radius 2 is 1.75 bits per heavy atom. The van der Waals surface area contributed by atoms with Crippen molar-refractivity contribution in [1.29, 1.82) is 0 Å². The molecular formula is C20H40IN5O2. The van der Waals surface area contributed by atoms with Crippen molar-refractivity contribution in [2.24, 2.45) is 10.9 Å². The minimum atomic E-state index is -0.501. The van der Waals surface area contributed by atoms with Gasteiger partial charge in [0.25, 0.3) is 0 Å². The van der Waals surface area contributed by atoms with Gasteiger partial charge in [-0.15, -0.1) is 24.0 Å². The van der Waals surface area contributed by atoms with E-state index in [4.69, 9.17) is 4.74 Å². The number of halogens is 1. The largest absolute Gasteiger partial charge is 0.444 e. The van der Waals surface area contributed by atoms with Crippen LogP contribution in [0.4, 0.5) is 4.79 Å². The van der Waals surface area contributed by atoms with Crippen LogP contribution in [0.3, 0.4) is 0 Å². The molecule has 164 valence electrons. The van der Waals surface area contributed by atoms with Crippen LogP contribution in [-0.4, -0.2) is 67.4 Å². The van der Waals surface area contributed by atoms with Crippen molar-refractivity contribution in [2.45, 2.75) is 77.5 Å². The maximum Gasteiger partial charge on any atom is 0.408 e. The average Bonchev–Trinajstić information content (AvgIpc) is 3.41. The maximum atomic E-state index is 12.0. The molecule has 8 heteroatoms. The molecule has 2 saturated carbocycles. The Kier molecular flexibility index (Phi) is 9.79. The summed E-state index contributed by atoms with van der Waals surface area (Å²) < 4.78 is 5.33. The van der Waals surface area contributed by atoms with Gasteiger partial charge in [0.05, 0.1) is 5.54 Å². The van der Waals surface area contributed by atoms with Gasteiger partial charge in [-0.05, 0) is 66.2 Å². The molecule has 0 bridgehead atoms. The molecule has 0 aromatic heterocycles. The number of carbonyl (C=O) groups excluding carboxylic acids is 1. The molecule has 2 aliphatic rings. The second-order valence-corrected chi connectivity index (χ2v) is 9.53. The van der Waals surface area contributed by atoms with E-state index in [0.29, 0.717) is 6.54 Å². The zero-order valence-corrected chi connectivity index (χ0v) is 20.8. The Labute approximate surface area is 187 Å². The number of amides is 1. The Hall–Kier alpha value is -0.770. The molecular weight excluding hydrogens is 469 g/mol. The number of hydrogen-bond donors (Lipinski definition) is 3. The van der Waals surface area contributed by atoms with Crippen LogP contribution in [0.15, 0.2) is 4.99 Å². The van der Waals surface area contributed by atoms with Crippen LogP contribution in [0.5, 0.6) is 0 Å². The molecule has 0 radical (unpaired) electrons. The van der Waals surface area contributed by atoms with Crippen molar-refractivity contribution in [1.82, 2.24) is 20.9 Å². The minimum absolute atomic E-state index is 0. The first kappa shape index (κ1) is 25.3. The van der Waals surface area contributed by atoms with Crippen LogP contribution >= 0.6 is 24.0 Å². The first-order valence-electron chi connectivity index (χ1n) is 10.3. The first-order chi connectivity index (χ1) is 12.6. The average molecular weight is 509 g/mol. The summed E-state index contributed by atoms with van der Waals surface area (Å²) in [6.45, 7) is 13.2. The summed E-state index contributed by atoms with van der Waals surface area (Å²) in [5, 5.41) is 9.60. The molecule has 0 heterocycles. The number of nitrogens with zero attached hydrogens (tertiary/aromatic N) is 2. The predicted octanol–water partition coefficient (Wildman–Crippen LogP) is 2.95. The Bertz CT molecular complexity index is 525. The summed E-state index contributed by atoms with van der Waals surface area (Å²) in [4.78, 5) is 18.9. The maximum absolute atomic E-state index is 12.0. The minimum Gasteiger partial charge on any atom is -0.444 e. The van der Waals surface area contributed by atoms with E-state index in [0.717, 1.165) is 31.0 Å². The highest BCUT2D eigenvalue weighted by Gasteiger charge is 2.33. The van der Waals surface area contributed by atoms with Crippen LogP contribution in [-0.2, 0) is 4.74 Å². The van der Waals surface area contributed by atoms with Crippen molar-refractivity contribution >= 4 is 36.0 Å². The smallest absolute Gasteiger partial charge is 0.408 e. The number of hydrogen-bond acceptors (Lipinski definition) is 4. The second kappa shape index (κ2) is 10.8. The van der Waals surface area contributed by atoms with Gasteiger partial charge < -0.3 is 20.7 Å². The van der Waals surface area contributed by atoms with Gasteiger partial charge in [-0.3, -0.25) is 9.89 Å². The summed E-state index contributed by atoms with van der Waals surface area (Å²) >= 11 is 0. The molecule has 2 fully saturated rings. The molecule has 7 nitrogen and oxygen atoms in total. The summed E-state index contributed by atoms with van der Waals surface area (Å²) in [5.41, 5.74) is -0.953. The second-order valence-electron chi connectivity index (χ2n) is 9.53. The summed E-state index contributed by atoms with van der Waals surface area (Å²) in [6.07, 6.45) is 5.10. The van der Waals surface area contributed by atoms with Gasteiger partial charge in [0.2, 0.25) is 0 Å². The lowest BCUT2D eigenvalue weighted by Gasteiger charge is -2.29. The lowest BCUT2D eigenvalue weighted by atomic mass is 10.1. The summed E-state index contributed by atoms with van der Waals surface area (Å²) in [6, 6.07) is 0.805. The number of ether oxygens (including phenoxy) is 1. The van der Waals surface area contributed by atoms with E-state index in [1.54, 1.807) is 7.05 Å². The number of nitrogens with one attached hydrogen (secondary N) is 3. The van der Waals surface area contributed by atoms with Crippen molar-refractivity contribution in [3.63, 3.8) is 0 Å². The standard InChI is InChI=1S/C20H39N5O2.HI/c1-19(2,3)27-18(26)24-20(4,5)14-23-17(21-6)22-11-12-25(16-9-10-16)13-15-7-8-15;/h15-16H,7-14H2,1-6H3,(H,24,26)(H2,21,22,23);1H. The van der Waals surface area contributed by atoms with Gasteiger partial charge in [0.1, 0.15) is 5.60 Å². The Morgan fingerprint density at radius 1 is 1.11 bits per heavy atom. The van der Waals surface area contributed by atoms with E-state index in [1.165, 1.54) is 32.2 Å². The predicted molar refractivity (Wildman–Crippen MR) is 126 cm³/mol. The van der Waals surface area contributed by atoms with E-state index in [1.807, 2.05) is 34.6 Å². The van der Waals surface area contributed by atoms with E-state index < -0.39 is 17.2 Å². The van der Waals surface area contributed by atoms with Crippen LogP contribution in [0, 0.1) is 5.92 Å². The molecule has 28 heavy (non-hydrogen) atoms. The molecule has 2 rings (SSSR count). The number of alkyl carbamates (subject to hydrolysis) is 1. The molecule has 0 saturated heterocycles. The highest BCUT2D eigenvalue weighted by molar-refractivity contribution is 14.0. The third kappa shape index (κ3) is 10.7. The van der Waals surface area contributed by atoms with Crippen molar-refractivity contribution < 1.29 is 9.53 Å². The Morgan fingerprint density at radius 3 is 2.25 bits per heavy atom.